The van der Waals surface area contributed by atoms with Crippen LogP contribution in [0.3, 0.4) is 0 Å². The van der Waals surface area contributed by atoms with E-state index in [-0.39, 0.29) is 20.2 Å². The van der Waals surface area contributed by atoms with Crippen molar-refractivity contribution in [1.29, 1.82) is 0 Å². The SMILES string of the molecule is Cc1ccc(Cl)c2c(=O)c(S(=O)c3ccc(F)c(F)c3)c[nH]c12. The maximum Gasteiger partial charge on any atom is 0.207 e. The molecule has 1 N–H and O–H groups in total. The number of fused-ring (bicyclic) bond motifs is 1. The van der Waals surface area contributed by atoms with E-state index in [1.165, 1.54) is 12.3 Å². The van der Waals surface area contributed by atoms with E-state index in [9.17, 15) is 17.8 Å². The Labute approximate surface area is 137 Å². The van der Waals surface area contributed by atoms with Crippen LogP contribution in [0.2, 0.25) is 5.02 Å². The first-order valence-corrected chi connectivity index (χ1v) is 8.10. The molecule has 1 aromatic heterocycles. The van der Waals surface area contributed by atoms with Crippen molar-refractivity contribution >= 4 is 33.3 Å². The lowest BCUT2D eigenvalue weighted by atomic mass is 10.1. The van der Waals surface area contributed by atoms with Crippen LogP contribution in [-0.4, -0.2) is 9.19 Å². The molecule has 0 saturated heterocycles. The Bertz CT molecular complexity index is 1020. The van der Waals surface area contributed by atoms with Crippen LogP contribution in [0.1, 0.15) is 5.56 Å². The minimum Gasteiger partial charge on any atom is -0.360 e. The fraction of sp³-hybridized carbons (Fsp3) is 0.0625. The molecule has 0 amide bonds. The van der Waals surface area contributed by atoms with E-state index in [1.807, 2.05) is 0 Å². The molecule has 3 rings (SSSR count). The number of halogens is 3. The Morgan fingerprint density at radius 1 is 1.13 bits per heavy atom. The van der Waals surface area contributed by atoms with Crippen molar-refractivity contribution in [2.45, 2.75) is 16.7 Å². The molecule has 0 saturated carbocycles. The number of benzene rings is 2. The van der Waals surface area contributed by atoms with E-state index in [2.05, 4.69) is 4.98 Å². The zero-order chi connectivity index (χ0) is 16.7. The Morgan fingerprint density at radius 3 is 2.57 bits per heavy atom. The van der Waals surface area contributed by atoms with E-state index >= 15 is 0 Å². The molecule has 0 bridgehead atoms. The Morgan fingerprint density at radius 2 is 1.87 bits per heavy atom. The number of aryl methyl sites for hydroxylation is 1. The molecule has 1 unspecified atom stereocenters. The molecule has 3 nitrogen and oxygen atoms in total. The monoisotopic (exact) mass is 353 g/mol. The van der Waals surface area contributed by atoms with Crippen molar-refractivity contribution in [3.05, 3.63) is 69.0 Å². The van der Waals surface area contributed by atoms with Crippen LogP contribution in [0.4, 0.5) is 8.78 Å². The van der Waals surface area contributed by atoms with Gasteiger partial charge in [-0.25, -0.2) is 13.0 Å². The van der Waals surface area contributed by atoms with Gasteiger partial charge in [0.15, 0.2) is 11.6 Å². The van der Waals surface area contributed by atoms with Crippen LogP contribution in [0, 0.1) is 18.6 Å². The molecule has 23 heavy (non-hydrogen) atoms. The molecular weight excluding hydrogens is 344 g/mol. The Balaban J connectivity index is 2.22. The van der Waals surface area contributed by atoms with Gasteiger partial charge in [-0.1, -0.05) is 17.7 Å². The Hall–Kier alpha value is -2.05. The van der Waals surface area contributed by atoms with E-state index < -0.39 is 27.9 Å². The van der Waals surface area contributed by atoms with Crippen LogP contribution >= 0.6 is 11.6 Å². The van der Waals surface area contributed by atoms with Gasteiger partial charge in [-0.15, -0.1) is 0 Å². The number of aromatic amines is 1. The number of hydrogen-bond donors (Lipinski definition) is 1. The minimum absolute atomic E-state index is 0.00229. The van der Waals surface area contributed by atoms with Crippen LogP contribution in [0.15, 0.2) is 51.1 Å². The van der Waals surface area contributed by atoms with Gasteiger partial charge in [0.2, 0.25) is 5.43 Å². The summed E-state index contributed by atoms with van der Waals surface area (Å²) in [5.41, 5.74) is 0.857. The molecule has 3 aromatic rings. The molecule has 0 aliphatic heterocycles. The van der Waals surface area contributed by atoms with Crippen molar-refractivity contribution < 1.29 is 13.0 Å². The first-order valence-electron chi connectivity index (χ1n) is 6.57. The van der Waals surface area contributed by atoms with Gasteiger partial charge < -0.3 is 4.98 Å². The lowest BCUT2D eigenvalue weighted by Gasteiger charge is -2.07. The molecule has 1 atom stereocenters. The van der Waals surface area contributed by atoms with Crippen molar-refractivity contribution in [3.8, 4) is 0 Å². The third-order valence-electron chi connectivity index (χ3n) is 3.47. The van der Waals surface area contributed by atoms with Gasteiger partial charge in [0.1, 0.15) is 4.90 Å². The van der Waals surface area contributed by atoms with Crippen molar-refractivity contribution in [2.24, 2.45) is 0 Å². The summed E-state index contributed by atoms with van der Waals surface area (Å²) in [4.78, 5) is 15.4. The van der Waals surface area contributed by atoms with E-state index in [0.29, 0.717) is 5.52 Å². The maximum atomic E-state index is 13.3. The van der Waals surface area contributed by atoms with E-state index in [4.69, 9.17) is 11.6 Å². The van der Waals surface area contributed by atoms with Gasteiger partial charge in [-0.3, -0.25) is 4.79 Å². The predicted octanol–water partition coefficient (Wildman–Crippen LogP) is 3.93. The highest BCUT2D eigenvalue weighted by Crippen LogP contribution is 2.24. The third-order valence-corrected chi connectivity index (χ3v) is 5.17. The highest BCUT2D eigenvalue weighted by atomic mass is 35.5. The summed E-state index contributed by atoms with van der Waals surface area (Å²) in [7, 11) is -1.96. The van der Waals surface area contributed by atoms with Crippen molar-refractivity contribution in [2.75, 3.05) is 0 Å². The van der Waals surface area contributed by atoms with Gasteiger partial charge in [0.25, 0.3) is 0 Å². The van der Waals surface area contributed by atoms with Crippen LogP contribution in [0.25, 0.3) is 10.9 Å². The molecule has 0 radical (unpaired) electrons. The first-order chi connectivity index (χ1) is 10.9. The van der Waals surface area contributed by atoms with Crippen LogP contribution in [0.5, 0.6) is 0 Å². The summed E-state index contributed by atoms with van der Waals surface area (Å²) < 4.78 is 38.8. The largest absolute Gasteiger partial charge is 0.360 e. The molecule has 7 heteroatoms. The predicted molar refractivity (Wildman–Crippen MR) is 85.3 cm³/mol. The molecule has 0 aliphatic rings. The minimum atomic E-state index is -1.96. The number of aromatic nitrogens is 1. The fourth-order valence-corrected chi connectivity index (χ4v) is 3.61. The van der Waals surface area contributed by atoms with Crippen molar-refractivity contribution in [1.82, 2.24) is 4.98 Å². The second-order valence-electron chi connectivity index (χ2n) is 4.94. The lowest BCUT2D eigenvalue weighted by Crippen LogP contribution is -2.13. The summed E-state index contributed by atoms with van der Waals surface area (Å²) in [6.45, 7) is 1.81. The molecule has 0 spiro atoms. The number of pyridine rings is 1. The number of H-pyrrole nitrogens is 1. The van der Waals surface area contributed by atoms with Gasteiger partial charge in [-0.05, 0) is 36.8 Å². The van der Waals surface area contributed by atoms with E-state index in [0.717, 1.165) is 17.7 Å². The summed E-state index contributed by atoms with van der Waals surface area (Å²) >= 11 is 6.07. The van der Waals surface area contributed by atoms with Crippen molar-refractivity contribution in [3.63, 3.8) is 0 Å². The van der Waals surface area contributed by atoms with Crippen LogP contribution in [-0.2, 0) is 10.8 Å². The molecule has 1 heterocycles. The molecule has 118 valence electrons. The van der Waals surface area contributed by atoms with Gasteiger partial charge >= 0.3 is 0 Å². The molecular formula is C16H10ClF2NO2S. The molecule has 0 fully saturated rings. The Kier molecular flexibility index (Phi) is 4.04. The average molecular weight is 354 g/mol. The summed E-state index contributed by atoms with van der Waals surface area (Å²) in [6, 6.07) is 6.20. The first kappa shape index (κ1) is 15.8. The fourth-order valence-electron chi connectivity index (χ4n) is 2.27. The molecule has 0 aliphatic carbocycles. The number of rotatable bonds is 2. The number of nitrogens with one attached hydrogen (secondary N) is 1. The quantitative estimate of drug-likeness (QED) is 0.758. The smallest absolute Gasteiger partial charge is 0.207 e. The van der Waals surface area contributed by atoms with Gasteiger partial charge in [-0.2, -0.15) is 0 Å². The lowest BCUT2D eigenvalue weighted by molar-refractivity contribution is 0.505. The normalized spacial score (nSPS) is 12.5. The second-order valence-corrected chi connectivity index (χ2v) is 6.80. The topological polar surface area (TPSA) is 49.9 Å². The second kappa shape index (κ2) is 5.86. The third kappa shape index (κ3) is 2.68. The molecule has 2 aromatic carbocycles. The highest BCUT2D eigenvalue weighted by Gasteiger charge is 2.17. The van der Waals surface area contributed by atoms with Gasteiger partial charge in [0.05, 0.1) is 26.7 Å². The summed E-state index contributed by atoms with van der Waals surface area (Å²) in [5.74, 6) is -2.17. The maximum absolute atomic E-state index is 13.3. The standard InChI is InChI=1S/C16H10ClF2NO2S/c1-8-2-4-10(17)14-15(8)20-7-13(16(14)21)23(22)9-3-5-11(18)12(19)6-9/h2-7H,1H3,(H,20,21). The zero-order valence-electron chi connectivity index (χ0n) is 11.8. The van der Waals surface area contributed by atoms with Gasteiger partial charge in [0, 0.05) is 11.1 Å². The van der Waals surface area contributed by atoms with E-state index in [1.54, 1.807) is 19.1 Å². The number of hydrogen-bond acceptors (Lipinski definition) is 2. The zero-order valence-corrected chi connectivity index (χ0v) is 13.4. The highest BCUT2D eigenvalue weighted by molar-refractivity contribution is 7.85. The summed E-state index contributed by atoms with van der Waals surface area (Å²) in [5, 5.41) is 0.455. The summed E-state index contributed by atoms with van der Waals surface area (Å²) in [6.07, 6.45) is 1.31. The van der Waals surface area contributed by atoms with Crippen LogP contribution < -0.4 is 5.43 Å². The average Bonchev–Trinajstić information content (AvgIpc) is 2.53.